The summed E-state index contributed by atoms with van der Waals surface area (Å²) >= 11 is 0. The van der Waals surface area contributed by atoms with E-state index in [0.717, 1.165) is 23.3 Å². The van der Waals surface area contributed by atoms with Gasteiger partial charge in [-0.05, 0) is 37.5 Å². The zero-order valence-corrected chi connectivity index (χ0v) is 13.4. The molecule has 0 aliphatic rings. The highest BCUT2D eigenvalue weighted by atomic mass is 16.5. The number of benzene rings is 2. The summed E-state index contributed by atoms with van der Waals surface area (Å²) in [5.74, 6) is 0.669. The van der Waals surface area contributed by atoms with Gasteiger partial charge in [-0.2, -0.15) is 0 Å². The molecule has 0 spiro atoms. The predicted octanol–water partition coefficient (Wildman–Crippen LogP) is 3.89. The number of nitrogens with one attached hydrogen (secondary N) is 1. The first-order valence-electron chi connectivity index (χ1n) is 7.71. The van der Waals surface area contributed by atoms with Crippen LogP contribution in [0.2, 0.25) is 0 Å². The van der Waals surface area contributed by atoms with Crippen molar-refractivity contribution in [3.8, 4) is 5.75 Å². The average Bonchev–Trinajstić information content (AvgIpc) is 2.56. The van der Waals surface area contributed by atoms with Crippen LogP contribution in [-0.4, -0.2) is 12.0 Å². The van der Waals surface area contributed by atoms with Gasteiger partial charge >= 0.3 is 0 Å². The van der Waals surface area contributed by atoms with E-state index in [4.69, 9.17) is 4.74 Å². The van der Waals surface area contributed by atoms with Crippen molar-refractivity contribution in [2.75, 3.05) is 0 Å². The Hall–Kier alpha value is -2.29. The smallest absolute Gasteiger partial charge is 0.261 e. The van der Waals surface area contributed by atoms with Gasteiger partial charge in [0.1, 0.15) is 5.75 Å². The van der Waals surface area contributed by atoms with Gasteiger partial charge in [-0.1, -0.05) is 55.5 Å². The van der Waals surface area contributed by atoms with Gasteiger partial charge in [0, 0.05) is 0 Å². The van der Waals surface area contributed by atoms with Crippen molar-refractivity contribution in [2.45, 2.75) is 39.3 Å². The minimum atomic E-state index is -0.529. The lowest BCUT2D eigenvalue weighted by Gasteiger charge is -2.20. The van der Waals surface area contributed by atoms with E-state index < -0.39 is 6.10 Å². The molecule has 116 valence electrons. The Morgan fingerprint density at radius 1 is 1.05 bits per heavy atom. The van der Waals surface area contributed by atoms with Crippen LogP contribution in [0.15, 0.2) is 54.6 Å². The van der Waals surface area contributed by atoms with Crippen molar-refractivity contribution in [2.24, 2.45) is 0 Å². The molecule has 2 aromatic rings. The molecule has 2 rings (SSSR count). The molecule has 1 amide bonds. The Morgan fingerprint density at radius 3 is 2.36 bits per heavy atom. The predicted molar refractivity (Wildman–Crippen MR) is 88.9 cm³/mol. The number of ether oxygens (including phenoxy) is 1. The van der Waals surface area contributed by atoms with Gasteiger partial charge in [0.25, 0.3) is 5.91 Å². The molecule has 2 atom stereocenters. The first-order chi connectivity index (χ1) is 10.6. The van der Waals surface area contributed by atoms with Crippen LogP contribution in [0.3, 0.4) is 0 Å². The first kappa shape index (κ1) is 16.1. The Balaban J connectivity index is 1.97. The van der Waals surface area contributed by atoms with E-state index in [2.05, 4.69) is 12.2 Å². The van der Waals surface area contributed by atoms with Gasteiger partial charge in [-0.3, -0.25) is 4.79 Å². The number of aryl methyl sites for hydroxylation is 1. The molecule has 1 N–H and O–H groups in total. The van der Waals surface area contributed by atoms with Crippen LogP contribution >= 0.6 is 0 Å². The number of para-hydroxylation sites is 1. The van der Waals surface area contributed by atoms with Crippen LogP contribution in [0.1, 0.15) is 37.9 Å². The van der Waals surface area contributed by atoms with Crippen molar-refractivity contribution in [3.05, 3.63) is 65.7 Å². The van der Waals surface area contributed by atoms with E-state index >= 15 is 0 Å². The quantitative estimate of drug-likeness (QED) is 0.878. The highest BCUT2D eigenvalue weighted by Gasteiger charge is 2.18. The van der Waals surface area contributed by atoms with Crippen LogP contribution in [0.25, 0.3) is 0 Å². The second-order valence-electron chi connectivity index (χ2n) is 5.36. The summed E-state index contributed by atoms with van der Waals surface area (Å²) in [5.41, 5.74) is 2.19. The average molecular weight is 297 g/mol. The van der Waals surface area contributed by atoms with Gasteiger partial charge in [0.15, 0.2) is 6.10 Å². The van der Waals surface area contributed by atoms with Crippen molar-refractivity contribution in [1.82, 2.24) is 5.32 Å². The van der Waals surface area contributed by atoms with E-state index in [1.165, 1.54) is 0 Å². The molecule has 0 saturated heterocycles. The molecule has 0 aliphatic heterocycles. The molecular formula is C19H23NO2. The second kappa shape index (κ2) is 7.64. The maximum atomic E-state index is 12.3. The monoisotopic (exact) mass is 297 g/mol. The number of rotatable bonds is 6. The standard InChI is InChI=1S/C19H23NO2/c1-4-16-10-8-9-13-18(16)22-15(3)19(21)20-14(2)17-11-6-5-7-12-17/h5-15H,4H2,1-3H3,(H,20,21)/t14-,15+/m0/s1. The molecule has 0 radical (unpaired) electrons. The van der Waals surface area contributed by atoms with Crippen LogP contribution in [0.4, 0.5) is 0 Å². The Bertz CT molecular complexity index is 610. The fraction of sp³-hybridized carbons (Fsp3) is 0.316. The van der Waals surface area contributed by atoms with E-state index in [9.17, 15) is 4.79 Å². The topological polar surface area (TPSA) is 38.3 Å². The lowest BCUT2D eigenvalue weighted by Crippen LogP contribution is -2.37. The normalized spacial score (nSPS) is 13.2. The van der Waals surface area contributed by atoms with E-state index in [1.54, 1.807) is 6.92 Å². The van der Waals surface area contributed by atoms with Crippen molar-refractivity contribution >= 4 is 5.91 Å². The summed E-state index contributed by atoms with van der Waals surface area (Å²) < 4.78 is 5.82. The summed E-state index contributed by atoms with van der Waals surface area (Å²) in [6.07, 6.45) is 0.351. The van der Waals surface area contributed by atoms with Gasteiger partial charge in [-0.15, -0.1) is 0 Å². The Kier molecular flexibility index (Phi) is 5.59. The number of carbonyl (C=O) groups is 1. The molecule has 2 aromatic carbocycles. The van der Waals surface area contributed by atoms with Crippen molar-refractivity contribution < 1.29 is 9.53 Å². The van der Waals surface area contributed by atoms with Gasteiger partial charge in [-0.25, -0.2) is 0 Å². The molecule has 3 heteroatoms. The number of amides is 1. The largest absolute Gasteiger partial charge is 0.481 e. The lowest BCUT2D eigenvalue weighted by atomic mass is 10.1. The van der Waals surface area contributed by atoms with Crippen LogP contribution in [0.5, 0.6) is 5.75 Å². The number of hydrogen-bond donors (Lipinski definition) is 1. The third-order valence-electron chi connectivity index (χ3n) is 3.68. The summed E-state index contributed by atoms with van der Waals surface area (Å²) in [6.45, 7) is 5.82. The van der Waals surface area contributed by atoms with E-state index in [-0.39, 0.29) is 11.9 Å². The highest BCUT2D eigenvalue weighted by molar-refractivity contribution is 5.81. The van der Waals surface area contributed by atoms with E-state index in [0.29, 0.717) is 0 Å². The highest BCUT2D eigenvalue weighted by Crippen LogP contribution is 2.20. The van der Waals surface area contributed by atoms with Gasteiger partial charge in [0.2, 0.25) is 0 Å². The molecule has 0 aromatic heterocycles. The fourth-order valence-electron chi connectivity index (χ4n) is 2.31. The summed E-state index contributed by atoms with van der Waals surface area (Å²) in [5, 5.41) is 2.99. The Morgan fingerprint density at radius 2 is 1.68 bits per heavy atom. The molecule has 0 bridgehead atoms. The fourth-order valence-corrected chi connectivity index (χ4v) is 2.31. The lowest BCUT2D eigenvalue weighted by molar-refractivity contribution is -0.127. The van der Waals surface area contributed by atoms with Crippen LogP contribution in [-0.2, 0) is 11.2 Å². The first-order valence-corrected chi connectivity index (χ1v) is 7.71. The summed E-state index contributed by atoms with van der Waals surface area (Å²) in [7, 11) is 0. The zero-order chi connectivity index (χ0) is 15.9. The number of carbonyl (C=O) groups excluding carboxylic acids is 1. The molecule has 0 unspecified atom stereocenters. The molecule has 3 nitrogen and oxygen atoms in total. The molecule has 0 aliphatic carbocycles. The Labute approximate surface area is 132 Å². The maximum Gasteiger partial charge on any atom is 0.261 e. The zero-order valence-electron chi connectivity index (χ0n) is 13.4. The van der Waals surface area contributed by atoms with Crippen LogP contribution in [0, 0.1) is 0 Å². The maximum absolute atomic E-state index is 12.3. The molecule has 22 heavy (non-hydrogen) atoms. The van der Waals surface area contributed by atoms with Gasteiger partial charge in [0.05, 0.1) is 6.04 Å². The minimum absolute atomic E-state index is 0.0406. The SMILES string of the molecule is CCc1ccccc1O[C@H](C)C(=O)N[C@@H](C)c1ccccc1. The van der Waals surface area contributed by atoms with Gasteiger partial charge < -0.3 is 10.1 Å². The molecule has 0 heterocycles. The third kappa shape index (κ3) is 4.10. The minimum Gasteiger partial charge on any atom is -0.481 e. The van der Waals surface area contributed by atoms with E-state index in [1.807, 2.05) is 61.5 Å². The van der Waals surface area contributed by atoms with Crippen LogP contribution < -0.4 is 10.1 Å². The molecule has 0 fully saturated rings. The number of hydrogen-bond acceptors (Lipinski definition) is 2. The van der Waals surface area contributed by atoms with Crippen molar-refractivity contribution in [3.63, 3.8) is 0 Å². The molecule has 0 saturated carbocycles. The molecular weight excluding hydrogens is 274 g/mol. The summed E-state index contributed by atoms with van der Waals surface area (Å²) in [6, 6.07) is 17.7. The third-order valence-corrected chi connectivity index (χ3v) is 3.68. The second-order valence-corrected chi connectivity index (χ2v) is 5.36. The van der Waals surface area contributed by atoms with Crippen molar-refractivity contribution in [1.29, 1.82) is 0 Å². The summed E-state index contributed by atoms with van der Waals surface area (Å²) in [4.78, 5) is 12.3.